The molecule has 0 saturated carbocycles. The summed E-state index contributed by atoms with van der Waals surface area (Å²) in [6, 6.07) is 0. The zero-order valence-electron chi connectivity index (χ0n) is 6.32. The summed E-state index contributed by atoms with van der Waals surface area (Å²) in [5, 5.41) is 7.46. The fourth-order valence-corrected chi connectivity index (χ4v) is 0.626. The molecule has 0 amide bonds. The van der Waals surface area contributed by atoms with E-state index in [4.69, 9.17) is 0 Å². The summed E-state index contributed by atoms with van der Waals surface area (Å²) in [5.74, 6) is 0. The van der Waals surface area contributed by atoms with Crippen LogP contribution in [0.5, 0.6) is 0 Å². The summed E-state index contributed by atoms with van der Waals surface area (Å²) in [6.07, 6.45) is 5.57. The molecule has 0 fully saturated rings. The van der Waals surface area contributed by atoms with Crippen molar-refractivity contribution in [2.24, 2.45) is 0 Å². The van der Waals surface area contributed by atoms with Crippen molar-refractivity contribution in [3.8, 4) is 0 Å². The van der Waals surface area contributed by atoms with Gasteiger partial charge in [0, 0.05) is 14.2 Å². The molecule has 52 valence electrons. The smallest absolute Gasteiger partial charge is 0.343 e. The number of aryl methyl sites for hydroxylation is 1. The summed E-state index contributed by atoms with van der Waals surface area (Å²) in [4.78, 5) is 0. The molecule has 1 heterocycles. The molecule has 0 spiro atoms. The number of unbranched alkanes of at least 4 members (excludes halogenated alkanes) is 1. The Bertz CT molecular complexity index is 155. The van der Waals surface area contributed by atoms with E-state index in [0.29, 0.717) is 0 Å². The Kier molecular flexibility index (Phi) is 5.97. The molecule has 0 aromatic carbocycles. The molecule has 0 radical (unpaired) electrons. The zero-order chi connectivity index (χ0) is 6.53. The summed E-state index contributed by atoms with van der Waals surface area (Å²) < 4.78 is 1.81. The van der Waals surface area contributed by atoms with Gasteiger partial charge in [0.15, 0.2) is 0 Å². The first kappa shape index (κ1) is 10.1. The average molecular weight is 149 g/mol. The predicted octanol–water partition coefficient (Wildman–Crippen LogP) is -1.86. The minimum absolute atomic E-state index is 0. The summed E-state index contributed by atoms with van der Waals surface area (Å²) in [6.45, 7) is 4.66. The van der Waals surface area contributed by atoms with Crippen LogP contribution in [-0.2, 0) is 6.54 Å². The van der Waals surface area contributed by atoms with Crippen LogP contribution in [0.1, 0.15) is 14.3 Å². The van der Waals surface area contributed by atoms with Crippen molar-refractivity contribution in [1.82, 2.24) is 15.0 Å². The molecule has 4 heteroatoms. The van der Waals surface area contributed by atoms with Crippen LogP contribution in [0, 0.1) is 6.92 Å². The van der Waals surface area contributed by atoms with Gasteiger partial charge < -0.3 is 6.92 Å². The van der Waals surface area contributed by atoms with Gasteiger partial charge in [0.1, 0.15) is 0 Å². The van der Waals surface area contributed by atoms with Gasteiger partial charge in [0.25, 0.3) is 0 Å². The molecule has 0 aliphatic rings. The van der Waals surface area contributed by atoms with Crippen molar-refractivity contribution in [2.45, 2.75) is 19.4 Å². The molecule has 0 unspecified atom stereocenters. The molecular weight excluding hydrogens is 137 g/mol. The quantitative estimate of drug-likeness (QED) is 0.373. The number of hydrogen-bond donors (Lipinski definition) is 0. The molecule has 1 rings (SSSR count). The Balaban J connectivity index is 0. The van der Waals surface area contributed by atoms with E-state index in [1.807, 2.05) is 10.9 Å². The molecule has 0 N–H and O–H groups in total. The van der Waals surface area contributed by atoms with Crippen LogP contribution in [0.2, 0.25) is 0 Å². The minimum atomic E-state index is 0. The minimum Gasteiger partial charge on any atom is -0.343 e. The summed E-state index contributed by atoms with van der Waals surface area (Å²) in [7, 11) is 0. The first-order chi connectivity index (χ1) is 4.43. The van der Waals surface area contributed by atoms with Crippen molar-refractivity contribution >= 4 is 0 Å². The normalized spacial score (nSPS) is 8.90. The monoisotopic (exact) mass is 149 g/mol. The third-order valence-electron chi connectivity index (χ3n) is 1.11. The van der Waals surface area contributed by atoms with Crippen LogP contribution < -0.4 is 29.6 Å². The maximum absolute atomic E-state index is 3.79. The van der Waals surface area contributed by atoms with Gasteiger partial charge in [-0.05, 0) is 0 Å². The molecule has 0 aliphatic carbocycles. The standard InChI is InChI=1S/C6H10N3.Na.H2/c1-2-3-5-9-6-4-7-8-9;;/h4,6H,1-3,5H2;;1H/q-1;+1;. The maximum atomic E-state index is 3.79. The third-order valence-corrected chi connectivity index (χ3v) is 1.11. The number of hydrogen-bond acceptors (Lipinski definition) is 2. The molecule has 0 atom stereocenters. The van der Waals surface area contributed by atoms with Gasteiger partial charge in [0.05, 0.1) is 6.20 Å². The topological polar surface area (TPSA) is 30.7 Å². The Morgan fingerprint density at radius 1 is 1.60 bits per heavy atom. The SMILES string of the molecule is [CH2-]CCCn1ccnn1.[HH].[Na+]. The maximum Gasteiger partial charge on any atom is 1.00 e. The number of aromatic nitrogens is 3. The molecule has 3 nitrogen and oxygen atoms in total. The van der Waals surface area contributed by atoms with Crippen molar-refractivity contribution in [3.05, 3.63) is 19.3 Å². The Labute approximate surface area is 84.6 Å². The van der Waals surface area contributed by atoms with Crippen LogP contribution in [0.4, 0.5) is 0 Å². The van der Waals surface area contributed by atoms with Crippen molar-refractivity contribution in [3.63, 3.8) is 0 Å². The molecular formula is C6H12N3Na. The fourth-order valence-electron chi connectivity index (χ4n) is 0.626. The van der Waals surface area contributed by atoms with Crippen LogP contribution >= 0.6 is 0 Å². The Hall–Kier alpha value is 0.140. The van der Waals surface area contributed by atoms with E-state index in [2.05, 4.69) is 17.2 Å². The molecule has 0 bridgehead atoms. The van der Waals surface area contributed by atoms with Gasteiger partial charge in [-0.3, -0.25) is 4.68 Å². The van der Waals surface area contributed by atoms with Crippen molar-refractivity contribution < 1.29 is 31.0 Å². The number of nitrogens with zero attached hydrogens (tertiary/aromatic N) is 3. The predicted molar refractivity (Wildman–Crippen MR) is 36.7 cm³/mol. The Morgan fingerprint density at radius 2 is 2.40 bits per heavy atom. The van der Waals surface area contributed by atoms with Gasteiger partial charge >= 0.3 is 29.6 Å². The number of rotatable bonds is 3. The van der Waals surface area contributed by atoms with E-state index in [1.165, 1.54) is 0 Å². The average Bonchev–Trinajstić information content (AvgIpc) is 2.34. The molecule has 1 aromatic rings. The van der Waals surface area contributed by atoms with Crippen LogP contribution in [0.3, 0.4) is 0 Å². The van der Waals surface area contributed by atoms with E-state index < -0.39 is 0 Å². The fraction of sp³-hybridized carbons (Fsp3) is 0.500. The van der Waals surface area contributed by atoms with E-state index in [-0.39, 0.29) is 31.0 Å². The van der Waals surface area contributed by atoms with Crippen LogP contribution in [0.25, 0.3) is 0 Å². The van der Waals surface area contributed by atoms with Gasteiger partial charge in [-0.2, -0.15) is 6.42 Å². The second-order valence-electron chi connectivity index (χ2n) is 1.87. The van der Waals surface area contributed by atoms with E-state index in [1.54, 1.807) is 6.20 Å². The molecule has 0 saturated heterocycles. The van der Waals surface area contributed by atoms with E-state index in [9.17, 15) is 0 Å². The van der Waals surface area contributed by atoms with Crippen molar-refractivity contribution in [2.75, 3.05) is 0 Å². The van der Waals surface area contributed by atoms with Gasteiger partial charge in [0.2, 0.25) is 0 Å². The van der Waals surface area contributed by atoms with Gasteiger partial charge in [-0.25, -0.2) is 0 Å². The largest absolute Gasteiger partial charge is 1.00 e. The second-order valence-corrected chi connectivity index (χ2v) is 1.87. The third kappa shape index (κ3) is 3.34. The summed E-state index contributed by atoms with van der Waals surface area (Å²) in [5.41, 5.74) is 0. The van der Waals surface area contributed by atoms with E-state index in [0.717, 1.165) is 19.4 Å². The molecule has 0 aliphatic heterocycles. The molecule has 1 aromatic heterocycles. The summed E-state index contributed by atoms with van der Waals surface area (Å²) >= 11 is 0. The first-order valence-electron chi connectivity index (χ1n) is 3.07. The zero-order valence-corrected chi connectivity index (χ0v) is 8.32. The van der Waals surface area contributed by atoms with Crippen LogP contribution in [-0.4, -0.2) is 15.0 Å². The molecule has 10 heavy (non-hydrogen) atoms. The van der Waals surface area contributed by atoms with Gasteiger partial charge in [-0.15, -0.1) is 5.10 Å². The second kappa shape index (κ2) is 5.89. The van der Waals surface area contributed by atoms with Gasteiger partial charge in [-0.1, -0.05) is 11.6 Å². The van der Waals surface area contributed by atoms with E-state index >= 15 is 0 Å². The first-order valence-corrected chi connectivity index (χ1v) is 3.07. The Morgan fingerprint density at radius 3 is 2.90 bits per heavy atom. The van der Waals surface area contributed by atoms with Crippen molar-refractivity contribution in [1.29, 1.82) is 0 Å². The van der Waals surface area contributed by atoms with Crippen LogP contribution in [0.15, 0.2) is 12.4 Å².